The van der Waals surface area contributed by atoms with Crippen LogP contribution in [0.4, 0.5) is 8.78 Å². The first kappa shape index (κ1) is 9.78. The summed E-state index contributed by atoms with van der Waals surface area (Å²) in [6.07, 6.45) is 0. The van der Waals surface area contributed by atoms with E-state index in [4.69, 9.17) is 10.2 Å². The molecule has 0 aliphatic rings. The second-order valence-corrected chi connectivity index (χ2v) is 2.90. The number of alkyl halides is 2. The maximum Gasteiger partial charge on any atom is 0.277 e. The van der Waals surface area contributed by atoms with Gasteiger partial charge in [-0.05, 0) is 0 Å². The van der Waals surface area contributed by atoms with E-state index in [-0.39, 0.29) is 0 Å². The first-order valence-electron chi connectivity index (χ1n) is 2.97. The number of aliphatic hydroxyl groups excluding tert-OH is 2. The summed E-state index contributed by atoms with van der Waals surface area (Å²) in [6.45, 7) is 0.535. The van der Waals surface area contributed by atoms with Crippen LogP contribution in [0.5, 0.6) is 0 Å². The lowest BCUT2D eigenvalue weighted by Crippen LogP contribution is -2.42. The first-order chi connectivity index (χ1) is 4.37. The highest BCUT2D eigenvalue weighted by Crippen LogP contribution is 2.34. The van der Waals surface area contributed by atoms with Crippen molar-refractivity contribution in [2.45, 2.75) is 19.8 Å². The quantitative estimate of drug-likeness (QED) is 0.626. The Labute approximate surface area is 58.5 Å². The predicted octanol–water partition coefficient (Wildman–Crippen LogP) is 0.633. The van der Waals surface area contributed by atoms with Gasteiger partial charge in [0.05, 0.1) is 12.0 Å². The van der Waals surface area contributed by atoms with Gasteiger partial charge in [0.25, 0.3) is 5.92 Å². The lowest BCUT2D eigenvalue weighted by Gasteiger charge is -2.30. The number of rotatable bonds is 3. The molecule has 0 radical (unpaired) electrons. The number of hydrogen-bond donors (Lipinski definition) is 2. The summed E-state index contributed by atoms with van der Waals surface area (Å²) in [5, 5.41) is 16.7. The van der Waals surface area contributed by atoms with Crippen molar-refractivity contribution in [2.75, 3.05) is 13.2 Å². The van der Waals surface area contributed by atoms with Crippen molar-refractivity contribution >= 4 is 0 Å². The topological polar surface area (TPSA) is 40.5 Å². The Kier molecular flexibility index (Phi) is 2.74. The fraction of sp³-hybridized carbons (Fsp3) is 1.00. The molecule has 2 nitrogen and oxygen atoms in total. The molecule has 62 valence electrons. The van der Waals surface area contributed by atoms with Crippen molar-refractivity contribution in [2.24, 2.45) is 5.41 Å². The molecule has 0 heterocycles. The van der Waals surface area contributed by atoms with E-state index in [1.54, 1.807) is 0 Å². The Bertz CT molecular complexity index is 98.3. The van der Waals surface area contributed by atoms with Gasteiger partial charge in [-0.3, -0.25) is 0 Å². The lowest BCUT2D eigenvalue weighted by atomic mass is 9.87. The Morgan fingerprint density at radius 2 is 1.50 bits per heavy atom. The Morgan fingerprint density at radius 3 is 1.60 bits per heavy atom. The van der Waals surface area contributed by atoms with Crippen LogP contribution in [0, 0.1) is 5.41 Å². The summed E-state index contributed by atoms with van der Waals surface area (Å²) in [4.78, 5) is 0. The molecule has 0 amide bonds. The van der Waals surface area contributed by atoms with Crippen molar-refractivity contribution in [3.05, 3.63) is 0 Å². The van der Waals surface area contributed by atoms with Crippen LogP contribution in [0.3, 0.4) is 0 Å². The second kappa shape index (κ2) is 2.80. The molecule has 0 aromatic heterocycles. The highest BCUT2D eigenvalue weighted by atomic mass is 19.3. The van der Waals surface area contributed by atoms with Gasteiger partial charge in [-0.15, -0.1) is 0 Å². The van der Waals surface area contributed by atoms with E-state index in [2.05, 4.69) is 0 Å². The van der Waals surface area contributed by atoms with Crippen LogP contribution in [0.25, 0.3) is 0 Å². The van der Waals surface area contributed by atoms with E-state index in [1.165, 1.54) is 13.8 Å². The second-order valence-electron chi connectivity index (χ2n) is 2.90. The summed E-state index contributed by atoms with van der Waals surface area (Å²) in [7, 11) is 0. The van der Waals surface area contributed by atoms with E-state index in [9.17, 15) is 8.78 Å². The number of halogens is 2. The Balaban J connectivity index is 4.28. The van der Waals surface area contributed by atoms with Gasteiger partial charge in [0.2, 0.25) is 0 Å². The molecule has 0 aliphatic carbocycles. The van der Waals surface area contributed by atoms with Crippen LogP contribution in [0.2, 0.25) is 0 Å². The highest BCUT2D eigenvalue weighted by molar-refractivity contribution is 4.83. The normalized spacial score (nSPS) is 13.8. The standard InChI is InChI=1S/C6H12F2O2/c1-5(2,3-9)6(7,8)4-10/h9-10H,3-4H2,1-2H3. The third-order valence-corrected chi connectivity index (χ3v) is 1.58. The zero-order chi connectivity index (χ0) is 8.41. The highest BCUT2D eigenvalue weighted by Gasteiger charge is 2.45. The minimum atomic E-state index is -3.21. The van der Waals surface area contributed by atoms with Crippen molar-refractivity contribution in [3.8, 4) is 0 Å². The fourth-order valence-corrected chi connectivity index (χ4v) is 0.330. The Morgan fingerprint density at radius 1 is 1.10 bits per heavy atom. The number of hydrogen-bond acceptors (Lipinski definition) is 2. The molecule has 10 heavy (non-hydrogen) atoms. The summed E-state index contributed by atoms with van der Waals surface area (Å²) in [5.41, 5.74) is -1.54. The summed E-state index contributed by atoms with van der Waals surface area (Å²) in [5.74, 6) is -3.21. The monoisotopic (exact) mass is 154 g/mol. The zero-order valence-corrected chi connectivity index (χ0v) is 6.06. The smallest absolute Gasteiger partial charge is 0.277 e. The van der Waals surface area contributed by atoms with Gasteiger partial charge in [0, 0.05) is 0 Å². The van der Waals surface area contributed by atoms with Gasteiger partial charge in [0.15, 0.2) is 0 Å². The van der Waals surface area contributed by atoms with Crippen LogP contribution >= 0.6 is 0 Å². The van der Waals surface area contributed by atoms with Crippen molar-refractivity contribution < 1.29 is 19.0 Å². The summed E-state index contributed by atoms with van der Waals surface area (Å²) < 4.78 is 25.0. The van der Waals surface area contributed by atoms with Crippen LogP contribution < -0.4 is 0 Å². The molecule has 0 saturated carbocycles. The predicted molar refractivity (Wildman–Crippen MR) is 32.9 cm³/mol. The van der Waals surface area contributed by atoms with Crippen LogP contribution in [-0.4, -0.2) is 29.3 Å². The molecule has 0 aliphatic heterocycles. The molecule has 0 aromatic rings. The maximum atomic E-state index is 12.5. The molecule has 0 saturated heterocycles. The van der Waals surface area contributed by atoms with E-state index >= 15 is 0 Å². The third kappa shape index (κ3) is 1.64. The van der Waals surface area contributed by atoms with Gasteiger partial charge in [-0.2, -0.15) is 0 Å². The van der Waals surface area contributed by atoms with Crippen LogP contribution in [-0.2, 0) is 0 Å². The largest absolute Gasteiger partial charge is 0.396 e. The van der Waals surface area contributed by atoms with Gasteiger partial charge >= 0.3 is 0 Å². The van der Waals surface area contributed by atoms with Gasteiger partial charge in [-0.1, -0.05) is 13.8 Å². The summed E-state index contributed by atoms with van der Waals surface area (Å²) in [6, 6.07) is 0. The molecule has 0 atom stereocenters. The zero-order valence-electron chi connectivity index (χ0n) is 6.06. The van der Waals surface area contributed by atoms with Gasteiger partial charge < -0.3 is 10.2 Å². The van der Waals surface area contributed by atoms with Crippen LogP contribution in [0.15, 0.2) is 0 Å². The minimum Gasteiger partial charge on any atom is -0.396 e. The Hall–Kier alpha value is -0.220. The molecular formula is C6H12F2O2. The molecule has 4 heteroatoms. The molecule has 0 spiro atoms. The van der Waals surface area contributed by atoms with Gasteiger partial charge in [0.1, 0.15) is 6.61 Å². The van der Waals surface area contributed by atoms with E-state index in [1.807, 2.05) is 0 Å². The van der Waals surface area contributed by atoms with Gasteiger partial charge in [-0.25, -0.2) is 8.78 Å². The van der Waals surface area contributed by atoms with Crippen molar-refractivity contribution in [1.29, 1.82) is 0 Å². The fourth-order valence-electron chi connectivity index (χ4n) is 0.330. The molecular weight excluding hydrogens is 142 g/mol. The van der Waals surface area contributed by atoms with E-state index < -0.39 is 24.6 Å². The van der Waals surface area contributed by atoms with Crippen molar-refractivity contribution in [1.82, 2.24) is 0 Å². The summed E-state index contributed by atoms with van der Waals surface area (Å²) >= 11 is 0. The molecule has 0 rings (SSSR count). The van der Waals surface area contributed by atoms with Crippen molar-refractivity contribution in [3.63, 3.8) is 0 Å². The lowest BCUT2D eigenvalue weighted by molar-refractivity contribution is -0.152. The molecule has 0 aromatic carbocycles. The van der Waals surface area contributed by atoms with Crippen LogP contribution in [0.1, 0.15) is 13.8 Å². The average Bonchev–Trinajstić information content (AvgIpc) is 1.88. The first-order valence-corrected chi connectivity index (χ1v) is 2.97. The average molecular weight is 154 g/mol. The van der Waals surface area contributed by atoms with E-state index in [0.29, 0.717) is 0 Å². The molecule has 2 N–H and O–H groups in total. The third-order valence-electron chi connectivity index (χ3n) is 1.58. The molecule has 0 fully saturated rings. The molecule has 0 bridgehead atoms. The number of aliphatic hydroxyl groups is 2. The van der Waals surface area contributed by atoms with E-state index in [0.717, 1.165) is 0 Å². The SMILES string of the molecule is CC(C)(CO)C(F)(F)CO. The minimum absolute atomic E-state index is 0.638. The maximum absolute atomic E-state index is 12.5. The molecule has 0 unspecified atom stereocenters.